The number of hydrogen-bond donors (Lipinski definition) is 1. The molecule has 0 radical (unpaired) electrons. The van der Waals surface area contributed by atoms with Crippen LogP contribution in [0.15, 0.2) is 65.6 Å². The van der Waals surface area contributed by atoms with Crippen molar-refractivity contribution < 1.29 is 27.4 Å². The van der Waals surface area contributed by atoms with E-state index < -0.39 is 18.0 Å². The average Bonchev–Trinajstić information content (AvgIpc) is 2.81. The summed E-state index contributed by atoms with van der Waals surface area (Å²) in [6.07, 6.45) is -4.83. The second-order valence-corrected chi connectivity index (χ2v) is 8.29. The lowest BCUT2D eigenvalue weighted by atomic mass is 10.0. The zero-order valence-electron chi connectivity index (χ0n) is 16.5. The fourth-order valence-electron chi connectivity index (χ4n) is 3.12. The third-order valence-corrected chi connectivity index (χ3v) is 5.16. The summed E-state index contributed by atoms with van der Waals surface area (Å²) in [4.78, 5) is 13.8. The van der Waals surface area contributed by atoms with Gasteiger partial charge >= 0.3 is 6.36 Å². The van der Waals surface area contributed by atoms with Gasteiger partial charge in [0.1, 0.15) is 11.5 Å². The first kappa shape index (κ1) is 21.1. The molecule has 0 aromatic heterocycles. The first-order valence-corrected chi connectivity index (χ1v) is 9.94. The zero-order valence-corrected chi connectivity index (χ0v) is 17.3. The predicted molar refractivity (Wildman–Crippen MR) is 113 cm³/mol. The second-order valence-electron chi connectivity index (χ2n) is 6.90. The maximum atomic E-state index is 12.8. The SMILES string of the molecule is CN(C)Sc1cccc(-c2ccc3c(c2)C(=O)Nc2cc(OC(F)(F)F)ccc2O3)c1. The number of halogens is 3. The van der Waals surface area contributed by atoms with Crippen LogP contribution in [0.3, 0.4) is 0 Å². The van der Waals surface area contributed by atoms with Gasteiger partial charge in [-0.15, -0.1) is 13.2 Å². The van der Waals surface area contributed by atoms with Gasteiger partial charge in [-0.1, -0.05) is 18.2 Å². The normalized spacial score (nSPS) is 13.0. The first-order chi connectivity index (χ1) is 14.7. The van der Waals surface area contributed by atoms with Gasteiger partial charge < -0.3 is 14.8 Å². The summed E-state index contributed by atoms with van der Waals surface area (Å²) in [5, 5.41) is 2.60. The zero-order chi connectivity index (χ0) is 22.2. The van der Waals surface area contributed by atoms with Crippen LogP contribution in [0, 0.1) is 0 Å². The monoisotopic (exact) mass is 446 g/mol. The molecule has 0 saturated carbocycles. The van der Waals surface area contributed by atoms with Crippen molar-refractivity contribution in [3.8, 4) is 28.4 Å². The smallest absolute Gasteiger partial charge is 0.454 e. The molecule has 0 fully saturated rings. The van der Waals surface area contributed by atoms with Crippen LogP contribution < -0.4 is 14.8 Å². The summed E-state index contributed by atoms with van der Waals surface area (Å²) in [5.74, 6) is -0.405. The highest BCUT2D eigenvalue weighted by Gasteiger charge is 2.32. The van der Waals surface area contributed by atoms with E-state index in [9.17, 15) is 18.0 Å². The van der Waals surface area contributed by atoms with Crippen molar-refractivity contribution in [3.63, 3.8) is 0 Å². The number of nitrogens with zero attached hydrogens (tertiary/aromatic N) is 1. The predicted octanol–water partition coefficient (Wildman–Crippen LogP) is 6.18. The number of carbonyl (C=O) groups excluding carboxylic acids is 1. The van der Waals surface area contributed by atoms with Crippen LogP contribution in [0.5, 0.6) is 17.2 Å². The number of carbonyl (C=O) groups is 1. The summed E-state index contributed by atoms with van der Waals surface area (Å²) in [7, 11) is 3.90. The summed E-state index contributed by atoms with van der Waals surface area (Å²) in [6.45, 7) is 0. The van der Waals surface area contributed by atoms with Gasteiger partial charge in [-0.05, 0) is 73.6 Å². The van der Waals surface area contributed by atoms with Crippen LogP contribution in [0.25, 0.3) is 11.1 Å². The molecule has 9 heteroatoms. The van der Waals surface area contributed by atoms with E-state index >= 15 is 0 Å². The van der Waals surface area contributed by atoms with E-state index in [-0.39, 0.29) is 17.0 Å². The molecule has 0 unspecified atom stereocenters. The van der Waals surface area contributed by atoms with Gasteiger partial charge in [0.15, 0.2) is 5.75 Å². The molecule has 0 spiro atoms. The Hall–Kier alpha value is -3.17. The molecule has 0 atom stereocenters. The molecule has 0 aliphatic carbocycles. The van der Waals surface area contributed by atoms with Gasteiger partial charge in [-0.3, -0.25) is 9.10 Å². The quantitative estimate of drug-likeness (QED) is 0.485. The second kappa shape index (κ2) is 8.16. The molecule has 1 amide bonds. The van der Waals surface area contributed by atoms with E-state index in [0.717, 1.165) is 28.2 Å². The summed E-state index contributed by atoms with van der Waals surface area (Å²) < 4.78 is 49.2. The topological polar surface area (TPSA) is 50.8 Å². The molecular weight excluding hydrogens is 429 g/mol. The lowest BCUT2D eigenvalue weighted by Crippen LogP contribution is -2.17. The third-order valence-electron chi connectivity index (χ3n) is 4.33. The molecule has 5 nitrogen and oxygen atoms in total. The molecule has 1 aliphatic rings. The van der Waals surface area contributed by atoms with Crippen LogP contribution in [0.2, 0.25) is 0 Å². The van der Waals surface area contributed by atoms with E-state index in [1.165, 1.54) is 6.07 Å². The molecule has 4 rings (SSSR count). The van der Waals surface area contributed by atoms with Gasteiger partial charge in [0.2, 0.25) is 0 Å². The highest BCUT2D eigenvalue weighted by atomic mass is 32.2. The molecular formula is C22H17F3N2O3S. The molecule has 3 aromatic carbocycles. The van der Waals surface area contributed by atoms with E-state index in [1.807, 2.05) is 48.7 Å². The lowest BCUT2D eigenvalue weighted by molar-refractivity contribution is -0.274. The Balaban J connectivity index is 1.65. The van der Waals surface area contributed by atoms with Crippen molar-refractivity contribution in [1.82, 2.24) is 4.31 Å². The minimum absolute atomic E-state index is 0.0916. The number of anilines is 1. The summed E-state index contributed by atoms with van der Waals surface area (Å²) in [6, 6.07) is 16.6. The number of ether oxygens (including phenoxy) is 2. The third kappa shape index (κ3) is 4.95. The largest absolute Gasteiger partial charge is 0.573 e. The van der Waals surface area contributed by atoms with Crippen LogP contribution >= 0.6 is 11.9 Å². The molecule has 31 heavy (non-hydrogen) atoms. The van der Waals surface area contributed by atoms with E-state index in [2.05, 4.69) is 10.1 Å². The van der Waals surface area contributed by atoms with Gasteiger partial charge in [-0.25, -0.2) is 0 Å². The van der Waals surface area contributed by atoms with Crippen molar-refractivity contribution in [1.29, 1.82) is 0 Å². The number of rotatable bonds is 4. The standard InChI is InChI=1S/C22H17F3N2O3S/c1-27(2)31-16-5-3-4-13(10-16)14-6-8-19-17(11-14)21(28)26-18-12-15(30-22(23,24)25)7-9-20(18)29-19/h3-12H,1-2H3,(H,26,28). The van der Waals surface area contributed by atoms with Crippen molar-refractivity contribution in [2.75, 3.05) is 19.4 Å². The van der Waals surface area contributed by atoms with Gasteiger partial charge in [0.25, 0.3) is 5.91 Å². The van der Waals surface area contributed by atoms with E-state index in [0.29, 0.717) is 5.75 Å². The van der Waals surface area contributed by atoms with Gasteiger partial charge in [-0.2, -0.15) is 0 Å². The number of alkyl halides is 3. The maximum absolute atomic E-state index is 12.8. The van der Waals surface area contributed by atoms with Crippen LogP contribution in [-0.4, -0.2) is 30.7 Å². The van der Waals surface area contributed by atoms with Crippen LogP contribution in [-0.2, 0) is 0 Å². The minimum atomic E-state index is -4.83. The van der Waals surface area contributed by atoms with E-state index in [1.54, 1.807) is 24.1 Å². The highest BCUT2D eigenvalue weighted by molar-refractivity contribution is 7.97. The molecule has 0 bridgehead atoms. The van der Waals surface area contributed by atoms with E-state index in [4.69, 9.17) is 4.74 Å². The molecule has 1 N–H and O–H groups in total. The van der Waals surface area contributed by atoms with Crippen molar-refractivity contribution in [2.45, 2.75) is 11.3 Å². The molecule has 3 aromatic rings. The Morgan fingerprint density at radius 3 is 2.45 bits per heavy atom. The van der Waals surface area contributed by atoms with Crippen molar-refractivity contribution in [2.24, 2.45) is 0 Å². The molecule has 1 heterocycles. The number of fused-ring (bicyclic) bond motifs is 2. The average molecular weight is 446 g/mol. The Labute approximate surface area is 180 Å². The molecule has 1 aliphatic heterocycles. The lowest BCUT2D eigenvalue weighted by Gasteiger charge is -2.12. The number of benzene rings is 3. The Kier molecular flexibility index (Phi) is 5.55. The van der Waals surface area contributed by atoms with Crippen molar-refractivity contribution >= 4 is 23.5 Å². The Morgan fingerprint density at radius 2 is 1.71 bits per heavy atom. The number of nitrogens with one attached hydrogen (secondary N) is 1. The highest BCUT2D eigenvalue weighted by Crippen LogP contribution is 2.40. The van der Waals surface area contributed by atoms with Gasteiger partial charge in [0, 0.05) is 11.0 Å². The molecule has 0 saturated heterocycles. The van der Waals surface area contributed by atoms with Gasteiger partial charge in [0.05, 0.1) is 11.3 Å². The number of amides is 1. The minimum Gasteiger partial charge on any atom is -0.454 e. The molecule has 160 valence electrons. The Bertz CT molecular complexity index is 1150. The fourth-order valence-corrected chi connectivity index (χ4v) is 3.86. The summed E-state index contributed by atoms with van der Waals surface area (Å²) in [5.41, 5.74) is 2.10. The summed E-state index contributed by atoms with van der Waals surface area (Å²) >= 11 is 1.57. The number of hydrogen-bond acceptors (Lipinski definition) is 5. The first-order valence-electron chi connectivity index (χ1n) is 9.17. The maximum Gasteiger partial charge on any atom is 0.573 e. The van der Waals surface area contributed by atoms with Crippen LogP contribution in [0.4, 0.5) is 18.9 Å². The van der Waals surface area contributed by atoms with Crippen molar-refractivity contribution in [3.05, 3.63) is 66.2 Å². The van der Waals surface area contributed by atoms with Crippen LogP contribution in [0.1, 0.15) is 10.4 Å². The Morgan fingerprint density at radius 1 is 0.968 bits per heavy atom. The fraction of sp³-hybridized carbons (Fsp3) is 0.136.